The van der Waals surface area contributed by atoms with Crippen molar-refractivity contribution in [3.8, 4) is 5.75 Å². The van der Waals surface area contributed by atoms with Gasteiger partial charge in [0.15, 0.2) is 11.9 Å². The molecule has 0 aliphatic heterocycles. The van der Waals surface area contributed by atoms with Crippen LogP contribution >= 0.6 is 0 Å². The molecule has 29 heavy (non-hydrogen) atoms. The Morgan fingerprint density at radius 1 is 1.17 bits per heavy atom. The van der Waals surface area contributed by atoms with Gasteiger partial charge in [0.1, 0.15) is 11.4 Å². The van der Waals surface area contributed by atoms with E-state index in [9.17, 15) is 24.5 Å². The Bertz CT molecular complexity index is 956. The highest BCUT2D eigenvalue weighted by atomic mass is 16.6. The van der Waals surface area contributed by atoms with E-state index in [1.54, 1.807) is 12.1 Å². The highest BCUT2D eigenvalue weighted by Crippen LogP contribution is 2.24. The highest BCUT2D eigenvalue weighted by molar-refractivity contribution is 5.97. The van der Waals surface area contributed by atoms with Gasteiger partial charge in [0, 0.05) is 17.2 Å². The third-order valence-electron chi connectivity index (χ3n) is 4.06. The standard InChI is InChI=1S/C20H20N2O7/c1-12(23)14-8-9-18(28-3)15(10-14)11-19(24)29-13(2)20(25)21-16-6-4-5-7-17(16)22(26)27/h4-10,13H,11H2,1-3H3,(H,21,25)/t13-/m0/s1. The number of amides is 1. The quantitative estimate of drug-likeness (QED) is 0.312. The first-order chi connectivity index (χ1) is 13.7. The number of hydrogen-bond acceptors (Lipinski definition) is 7. The summed E-state index contributed by atoms with van der Waals surface area (Å²) < 4.78 is 10.3. The number of Topliss-reactive ketones (excluding diaryl/α,β-unsaturated/α-hetero) is 1. The predicted molar refractivity (Wildman–Crippen MR) is 104 cm³/mol. The van der Waals surface area contributed by atoms with E-state index in [-0.39, 0.29) is 23.6 Å². The summed E-state index contributed by atoms with van der Waals surface area (Å²) in [7, 11) is 1.43. The SMILES string of the molecule is COc1ccc(C(C)=O)cc1CC(=O)O[C@@H](C)C(=O)Nc1ccccc1[N+](=O)[O-]. The maximum Gasteiger partial charge on any atom is 0.311 e. The predicted octanol–water partition coefficient (Wildman–Crippen LogP) is 2.92. The van der Waals surface area contributed by atoms with Gasteiger partial charge in [-0.15, -0.1) is 0 Å². The zero-order chi connectivity index (χ0) is 21.6. The third-order valence-corrected chi connectivity index (χ3v) is 4.06. The number of nitro benzene ring substituents is 1. The van der Waals surface area contributed by atoms with E-state index in [0.717, 1.165) is 0 Å². The molecule has 0 aliphatic rings. The Hall–Kier alpha value is -3.75. The summed E-state index contributed by atoms with van der Waals surface area (Å²) >= 11 is 0. The van der Waals surface area contributed by atoms with Crippen LogP contribution in [0.15, 0.2) is 42.5 Å². The van der Waals surface area contributed by atoms with E-state index >= 15 is 0 Å². The van der Waals surface area contributed by atoms with E-state index in [0.29, 0.717) is 16.9 Å². The zero-order valence-electron chi connectivity index (χ0n) is 16.1. The molecule has 0 heterocycles. The Morgan fingerprint density at radius 3 is 2.48 bits per heavy atom. The molecule has 9 heteroatoms. The number of benzene rings is 2. The lowest BCUT2D eigenvalue weighted by atomic mass is 10.0. The topological polar surface area (TPSA) is 125 Å². The molecule has 0 fully saturated rings. The number of ether oxygens (including phenoxy) is 2. The van der Waals surface area contributed by atoms with Crippen LogP contribution in [0.4, 0.5) is 11.4 Å². The van der Waals surface area contributed by atoms with Crippen LogP contribution < -0.4 is 10.1 Å². The average Bonchev–Trinajstić information content (AvgIpc) is 2.67. The molecule has 1 amide bonds. The lowest BCUT2D eigenvalue weighted by molar-refractivity contribution is -0.383. The van der Waals surface area contributed by atoms with Gasteiger partial charge in [-0.3, -0.25) is 24.5 Å². The van der Waals surface area contributed by atoms with Gasteiger partial charge >= 0.3 is 5.97 Å². The van der Waals surface area contributed by atoms with Crippen LogP contribution in [0.3, 0.4) is 0 Å². The minimum Gasteiger partial charge on any atom is -0.496 e. The maximum absolute atomic E-state index is 12.3. The lowest BCUT2D eigenvalue weighted by Gasteiger charge is -2.15. The third kappa shape index (κ3) is 5.61. The minimum absolute atomic E-state index is 0.00114. The monoisotopic (exact) mass is 400 g/mol. The number of methoxy groups -OCH3 is 1. The van der Waals surface area contributed by atoms with E-state index in [1.165, 1.54) is 51.3 Å². The molecular formula is C20H20N2O7. The molecule has 0 aliphatic carbocycles. The number of anilines is 1. The summed E-state index contributed by atoms with van der Waals surface area (Å²) in [5.41, 5.74) is 0.582. The summed E-state index contributed by atoms with van der Waals surface area (Å²) in [6, 6.07) is 10.3. The number of para-hydroxylation sites is 2. The lowest BCUT2D eigenvalue weighted by Crippen LogP contribution is -2.30. The van der Waals surface area contributed by atoms with Crippen molar-refractivity contribution in [1.82, 2.24) is 0 Å². The number of rotatable bonds is 8. The van der Waals surface area contributed by atoms with Crippen molar-refractivity contribution >= 4 is 29.0 Å². The van der Waals surface area contributed by atoms with Gasteiger partial charge in [-0.2, -0.15) is 0 Å². The van der Waals surface area contributed by atoms with Crippen molar-refractivity contribution in [1.29, 1.82) is 0 Å². The van der Waals surface area contributed by atoms with Gasteiger partial charge in [0.05, 0.1) is 18.5 Å². The second kappa shape index (κ2) is 9.45. The number of carbonyl (C=O) groups excluding carboxylic acids is 3. The number of esters is 1. The second-order valence-electron chi connectivity index (χ2n) is 6.16. The summed E-state index contributed by atoms with van der Waals surface area (Å²) in [4.78, 5) is 46.5. The fraction of sp³-hybridized carbons (Fsp3) is 0.250. The van der Waals surface area contributed by atoms with Gasteiger partial charge in [-0.05, 0) is 38.1 Å². The van der Waals surface area contributed by atoms with E-state index in [2.05, 4.69) is 5.32 Å². The summed E-state index contributed by atoms with van der Waals surface area (Å²) in [6.45, 7) is 2.75. The second-order valence-corrected chi connectivity index (χ2v) is 6.16. The number of carbonyl (C=O) groups is 3. The van der Waals surface area contributed by atoms with Crippen LogP contribution in [0.5, 0.6) is 5.75 Å². The number of nitrogens with zero attached hydrogens (tertiary/aromatic N) is 1. The van der Waals surface area contributed by atoms with Gasteiger partial charge in [0.25, 0.3) is 11.6 Å². The Balaban J connectivity index is 2.06. The molecule has 0 aromatic heterocycles. The molecule has 2 aromatic carbocycles. The fourth-order valence-corrected chi connectivity index (χ4v) is 2.56. The van der Waals surface area contributed by atoms with Gasteiger partial charge in [0.2, 0.25) is 0 Å². The zero-order valence-corrected chi connectivity index (χ0v) is 16.1. The molecule has 0 unspecified atom stereocenters. The molecule has 1 N–H and O–H groups in total. The van der Waals surface area contributed by atoms with Crippen LogP contribution in [-0.2, 0) is 20.7 Å². The van der Waals surface area contributed by atoms with Gasteiger partial charge < -0.3 is 14.8 Å². The van der Waals surface area contributed by atoms with Crippen LogP contribution in [0.25, 0.3) is 0 Å². The first-order valence-corrected chi connectivity index (χ1v) is 8.64. The first kappa shape index (κ1) is 21.5. The number of ketones is 1. The smallest absolute Gasteiger partial charge is 0.311 e. The summed E-state index contributed by atoms with van der Waals surface area (Å²) in [5, 5.41) is 13.4. The minimum atomic E-state index is -1.19. The number of nitrogens with one attached hydrogen (secondary N) is 1. The van der Waals surface area contributed by atoms with Crippen molar-refractivity contribution in [2.45, 2.75) is 26.4 Å². The maximum atomic E-state index is 12.3. The molecule has 1 atom stereocenters. The van der Waals surface area contributed by atoms with E-state index in [1.807, 2.05) is 0 Å². The first-order valence-electron chi connectivity index (χ1n) is 8.64. The van der Waals surface area contributed by atoms with Crippen molar-refractivity contribution in [3.63, 3.8) is 0 Å². The Kier molecular flexibility index (Phi) is 7.02. The summed E-state index contributed by atoms with van der Waals surface area (Å²) in [5.74, 6) is -1.19. The molecule has 0 spiro atoms. The number of hydrogen-bond donors (Lipinski definition) is 1. The molecule has 0 radical (unpaired) electrons. The normalized spacial score (nSPS) is 11.3. The molecule has 0 saturated carbocycles. The average molecular weight is 400 g/mol. The van der Waals surface area contributed by atoms with Crippen molar-refractivity contribution in [2.24, 2.45) is 0 Å². The Morgan fingerprint density at radius 2 is 1.86 bits per heavy atom. The molecule has 9 nitrogen and oxygen atoms in total. The van der Waals surface area contributed by atoms with Crippen molar-refractivity contribution in [3.05, 3.63) is 63.7 Å². The molecule has 0 bridgehead atoms. The Labute approximate surface area is 166 Å². The molecule has 152 valence electrons. The molecule has 2 aromatic rings. The molecule has 0 saturated heterocycles. The van der Waals surface area contributed by atoms with Crippen LogP contribution in [0, 0.1) is 10.1 Å². The fourth-order valence-electron chi connectivity index (χ4n) is 2.56. The van der Waals surface area contributed by atoms with Crippen molar-refractivity contribution < 1.29 is 28.8 Å². The van der Waals surface area contributed by atoms with Crippen LogP contribution in [-0.4, -0.2) is 35.8 Å². The van der Waals surface area contributed by atoms with Crippen LogP contribution in [0.2, 0.25) is 0 Å². The largest absolute Gasteiger partial charge is 0.496 e. The molecular weight excluding hydrogens is 380 g/mol. The van der Waals surface area contributed by atoms with E-state index in [4.69, 9.17) is 9.47 Å². The van der Waals surface area contributed by atoms with Gasteiger partial charge in [-0.1, -0.05) is 12.1 Å². The van der Waals surface area contributed by atoms with Crippen molar-refractivity contribution in [2.75, 3.05) is 12.4 Å². The number of nitro groups is 1. The van der Waals surface area contributed by atoms with Gasteiger partial charge in [-0.25, -0.2) is 0 Å². The molecule has 2 rings (SSSR count). The highest BCUT2D eigenvalue weighted by Gasteiger charge is 2.22. The van der Waals surface area contributed by atoms with E-state index < -0.39 is 22.9 Å². The van der Waals surface area contributed by atoms with Crippen LogP contribution in [0.1, 0.15) is 29.8 Å². The summed E-state index contributed by atoms with van der Waals surface area (Å²) in [6.07, 6.45) is -1.41.